The number of fused-ring (bicyclic) bond motifs is 1. The SMILES string of the molecule is O=S1(=O)CCC(c2cn3cccc(O)c3n2)C1. The molecule has 0 aromatic carbocycles. The summed E-state index contributed by atoms with van der Waals surface area (Å²) in [5, 5.41) is 9.63. The Morgan fingerprint density at radius 2 is 2.29 bits per heavy atom. The third-order valence-corrected chi connectivity index (χ3v) is 4.90. The van der Waals surface area contributed by atoms with E-state index in [0.29, 0.717) is 12.1 Å². The number of sulfone groups is 1. The first kappa shape index (κ1) is 10.6. The Morgan fingerprint density at radius 3 is 2.94 bits per heavy atom. The molecule has 90 valence electrons. The number of rotatable bonds is 1. The molecule has 5 nitrogen and oxygen atoms in total. The van der Waals surface area contributed by atoms with Gasteiger partial charge in [-0.1, -0.05) is 0 Å². The molecule has 1 N–H and O–H groups in total. The Kier molecular flexibility index (Phi) is 2.16. The summed E-state index contributed by atoms with van der Waals surface area (Å²) in [5.41, 5.74) is 1.22. The molecule has 0 radical (unpaired) electrons. The van der Waals surface area contributed by atoms with Gasteiger partial charge in [-0.25, -0.2) is 13.4 Å². The summed E-state index contributed by atoms with van der Waals surface area (Å²) in [6, 6.07) is 3.29. The van der Waals surface area contributed by atoms with Crippen molar-refractivity contribution in [1.29, 1.82) is 0 Å². The van der Waals surface area contributed by atoms with Crippen LogP contribution in [0.15, 0.2) is 24.5 Å². The maximum Gasteiger partial charge on any atom is 0.179 e. The molecule has 3 rings (SSSR count). The van der Waals surface area contributed by atoms with Gasteiger partial charge in [0.2, 0.25) is 0 Å². The van der Waals surface area contributed by atoms with E-state index in [4.69, 9.17) is 0 Å². The molecule has 3 heterocycles. The average Bonchev–Trinajstić information content (AvgIpc) is 2.82. The summed E-state index contributed by atoms with van der Waals surface area (Å²) >= 11 is 0. The lowest BCUT2D eigenvalue weighted by atomic mass is 10.1. The van der Waals surface area contributed by atoms with E-state index in [9.17, 15) is 13.5 Å². The van der Waals surface area contributed by atoms with Gasteiger partial charge in [-0.15, -0.1) is 0 Å². The van der Waals surface area contributed by atoms with Crippen LogP contribution in [0, 0.1) is 0 Å². The maximum atomic E-state index is 11.4. The summed E-state index contributed by atoms with van der Waals surface area (Å²) in [6.45, 7) is 0. The number of nitrogens with zero attached hydrogens (tertiary/aromatic N) is 2. The number of imidazole rings is 1. The lowest BCUT2D eigenvalue weighted by Gasteiger charge is -2.00. The Balaban J connectivity index is 2.05. The largest absolute Gasteiger partial charge is 0.504 e. The highest BCUT2D eigenvalue weighted by Crippen LogP contribution is 2.29. The number of aromatic nitrogens is 2. The van der Waals surface area contributed by atoms with Crippen molar-refractivity contribution in [3.63, 3.8) is 0 Å². The molecule has 2 aromatic heterocycles. The van der Waals surface area contributed by atoms with E-state index < -0.39 is 9.84 Å². The second-order valence-corrected chi connectivity index (χ2v) is 6.62. The molecule has 1 atom stereocenters. The predicted molar refractivity (Wildman–Crippen MR) is 62.9 cm³/mol. The number of hydrogen-bond donors (Lipinski definition) is 1. The molecule has 0 spiro atoms. The standard InChI is InChI=1S/C11H12N2O3S/c14-10-2-1-4-13-6-9(12-11(10)13)8-3-5-17(15,16)7-8/h1-2,4,6,8,14H,3,5,7H2. The Bertz CT molecular complexity index is 675. The minimum atomic E-state index is -2.90. The summed E-state index contributed by atoms with van der Waals surface area (Å²) < 4.78 is 24.5. The zero-order chi connectivity index (χ0) is 12.0. The molecule has 0 aliphatic carbocycles. The van der Waals surface area contributed by atoms with Gasteiger partial charge in [-0.3, -0.25) is 0 Å². The second kappa shape index (κ2) is 3.46. The van der Waals surface area contributed by atoms with Gasteiger partial charge in [0.05, 0.1) is 17.2 Å². The molecular weight excluding hydrogens is 240 g/mol. The lowest BCUT2D eigenvalue weighted by molar-refractivity contribution is 0.477. The van der Waals surface area contributed by atoms with Gasteiger partial charge in [0.25, 0.3) is 0 Å². The monoisotopic (exact) mass is 252 g/mol. The summed E-state index contributed by atoms with van der Waals surface area (Å²) in [4.78, 5) is 4.31. The molecular formula is C11H12N2O3S. The van der Waals surface area contributed by atoms with Gasteiger partial charge < -0.3 is 9.51 Å². The molecule has 1 aliphatic rings. The Labute approximate surface area is 98.6 Å². The summed E-state index contributed by atoms with van der Waals surface area (Å²) in [6.07, 6.45) is 4.20. The number of aromatic hydroxyl groups is 1. The smallest absolute Gasteiger partial charge is 0.179 e. The van der Waals surface area contributed by atoms with Crippen LogP contribution in [0.4, 0.5) is 0 Å². The third kappa shape index (κ3) is 1.78. The van der Waals surface area contributed by atoms with Crippen LogP contribution in [0.2, 0.25) is 0 Å². The first-order valence-corrected chi connectivity index (χ1v) is 7.24. The molecule has 0 amide bonds. The Morgan fingerprint density at radius 1 is 1.47 bits per heavy atom. The minimum Gasteiger partial charge on any atom is -0.504 e. The molecule has 1 aliphatic heterocycles. The molecule has 17 heavy (non-hydrogen) atoms. The topological polar surface area (TPSA) is 71.7 Å². The van der Waals surface area contributed by atoms with Crippen LogP contribution in [0.25, 0.3) is 5.65 Å². The molecule has 1 unspecified atom stereocenters. The fourth-order valence-electron chi connectivity index (χ4n) is 2.24. The predicted octanol–water partition coefficient (Wildman–Crippen LogP) is 0.942. The molecule has 0 saturated carbocycles. The molecule has 1 saturated heterocycles. The zero-order valence-corrected chi connectivity index (χ0v) is 9.89. The number of pyridine rings is 1. The van der Waals surface area contributed by atoms with Gasteiger partial charge in [-0.2, -0.15) is 0 Å². The highest BCUT2D eigenvalue weighted by atomic mass is 32.2. The Hall–Kier alpha value is -1.56. The molecule has 2 aromatic rings. The maximum absolute atomic E-state index is 11.4. The van der Waals surface area contributed by atoms with E-state index >= 15 is 0 Å². The van der Waals surface area contributed by atoms with Crippen molar-refractivity contribution < 1.29 is 13.5 Å². The van der Waals surface area contributed by atoms with E-state index in [1.807, 2.05) is 0 Å². The van der Waals surface area contributed by atoms with Crippen molar-refractivity contribution in [3.8, 4) is 5.75 Å². The fraction of sp³-hybridized carbons (Fsp3) is 0.364. The van der Waals surface area contributed by atoms with Crippen LogP contribution in [0.5, 0.6) is 5.75 Å². The van der Waals surface area contributed by atoms with Crippen LogP contribution in [0.1, 0.15) is 18.0 Å². The number of hydrogen-bond acceptors (Lipinski definition) is 4. The van der Waals surface area contributed by atoms with Crippen molar-refractivity contribution in [3.05, 3.63) is 30.2 Å². The van der Waals surface area contributed by atoms with E-state index in [1.54, 1.807) is 28.9 Å². The van der Waals surface area contributed by atoms with Crippen LogP contribution < -0.4 is 0 Å². The van der Waals surface area contributed by atoms with E-state index in [0.717, 1.165) is 5.69 Å². The van der Waals surface area contributed by atoms with Gasteiger partial charge in [0, 0.05) is 18.3 Å². The van der Waals surface area contributed by atoms with Gasteiger partial charge >= 0.3 is 0 Å². The lowest BCUT2D eigenvalue weighted by Crippen LogP contribution is -2.03. The van der Waals surface area contributed by atoms with E-state index in [1.165, 1.54) is 0 Å². The average molecular weight is 252 g/mol. The highest BCUT2D eigenvalue weighted by Gasteiger charge is 2.30. The van der Waals surface area contributed by atoms with Crippen LogP contribution in [-0.2, 0) is 9.84 Å². The molecule has 1 fully saturated rings. The van der Waals surface area contributed by atoms with Crippen molar-refractivity contribution in [1.82, 2.24) is 9.38 Å². The second-order valence-electron chi connectivity index (χ2n) is 4.39. The van der Waals surface area contributed by atoms with E-state index in [2.05, 4.69) is 4.98 Å². The first-order valence-electron chi connectivity index (χ1n) is 5.42. The quantitative estimate of drug-likeness (QED) is 0.820. The van der Waals surface area contributed by atoms with Crippen LogP contribution in [-0.4, -0.2) is 34.4 Å². The zero-order valence-electron chi connectivity index (χ0n) is 9.07. The van der Waals surface area contributed by atoms with Crippen LogP contribution >= 0.6 is 0 Å². The van der Waals surface area contributed by atoms with Crippen molar-refractivity contribution in [2.45, 2.75) is 12.3 Å². The molecule has 6 heteroatoms. The normalized spacial score (nSPS) is 23.2. The highest BCUT2D eigenvalue weighted by molar-refractivity contribution is 7.91. The fourth-order valence-corrected chi connectivity index (χ4v) is 4.00. The summed E-state index contributed by atoms with van der Waals surface area (Å²) in [7, 11) is -2.90. The van der Waals surface area contributed by atoms with Crippen molar-refractivity contribution in [2.24, 2.45) is 0 Å². The minimum absolute atomic E-state index is 0.0423. The van der Waals surface area contributed by atoms with Crippen molar-refractivity contribution in [2.75, 3.05) is 11.5 Å². The summed E-state index contributed by atoms with van der Waals surface area (Å²) in [5.74, 6) is 0.466. The van der Waals surface area contributed by atoms with E-state index in [-0.39, 0.29) is 23.2 Å². The van der Waals surface area contributed by atoms with Gasteiger partial charge in [0.1, 0.15) is 0 Å². The van der Waals surface area contributed by atoms with Gasteiger partial charge in [-0.05, 0) is 18.6 Å². The first-order chi connectivity index (χ1) is 8.05. The van der Waals surface area contributed by atoms with Crippen molar-refractivity contribution >= 4 is 15.5 Å². The van der Waals surface area contributed by atoms with Crippen LogP contribution in [0.3, 0.4) is 0 Å². The third-order valence-electron chi connectivity index (χ3n) is 3.13. The molecule has 0 bridgehead atoms. The van der Waals surface area contributed by atoms with Gasteiger partial charge in [0.15, 0.2) is 21.2 Å².